The molecule has 0 unspecified atom stereocenters. The van der Waals surface area contributed by atoms with E-state index in [2.05, 4.69) is 5.32 Å². The normalized spacial score (nSPS) is 17.5. The molecule has 5 nitrogen and oxygen atoms in total. The first-order valence-corrected chi connectivity index (χ1v) is 8.66. The number of nitrogens with one attached hydrogen (secondary N) is 1. The zero-order valence-electron chi connectivity index (χ0n) is 13.3. The summed E-state index contributed by atoms with van der Waals surface area (Å²) < 4.78 is 0. The van der Waals surface area contributed by atoms with Crippen LogP contribution in [0.25, 0.3) is 0 Å². The van der Waals surface area contributed by atoms with Crippen molar-refractivity contribution in [3.8, 4) is 0 Å². The van der Waals surface area contributed by atoms with E-state index >= 15 is 0 Å². The lowest BCUT2D eigenvalue weighted by molar-refractivity contribution is -0.127. The molecule has 0 aliphatic carbocycles. The van der Waals surface area contributed by atoms with Crippen LogP contribution in [0.3, 0.4) is 0 Å². The minimum absolute atomic E-state index is 0.0590. The Morgan fingerprint density at radius 3 is 2.71 bits per heavy atom. The van der Waals surface area contributed by atoms with Gasteiger partial charge in [0.25, 0.3) is 5.91 Å². The number of thiophene rings is 1. The van der Waals surface area contributed by atoms with Gasteiger partial charge in [0.15, 0.2) is 5.78 Å². The summed E-state index contributed by atoms with van der Waals surface area (Å²) in [5.41, 5.74) is 1.48. The highest BCUT2D eigenvalue weighted by atomic mass is 32.1. The van der Waals surface area contributed by atoms with Crippen LogP contribution in [0.1, 0.15) is 32.5 Å². The molecule has 6 heteroatoms. The Bertz CT molecular complexity index is 770. The number of piperazine rings is 1. The topological polar surface area (TPSA) is 66.5 Å². The molecule has 2 heterocycles. The molecular formula is C18H18N2O3S. The highest BCUT2D eigenvalue weighted by Crippen LogP contribution is 2.20. The Kier molecular flexibility index (Phi) is 4.76. The molecule has 124 valence electrons. The van der Waals surface area contributed by atoms with Crippen molar-refractivity contribution in [3.05, 3.63) is 57.8 Å². The third-order valence-corrected chi connectivity index (χ3v) is 5.09. The van der Waals surface area contributed by atoms with E-state index in [9.17, 15) is 14.4 Å². The molecule has 1 saturated heterocycles. The third-order valence-electron chi connectivity index (χ3n) is 4.06. The number of ketones is 1. The van der Waals surface area contributed by atoms with E-state index < -0.39 is 6.04 Å². The summed E-state index contributed by atoms with van der Waals surface area (Å²) >= 11 is 1.26. The second kappa shape index (κ2) is 6.97. The largest absolute Gasteiger partial charge is 0.353 e. The fourth-order valence-electron chi connectivity index (χ4n) is 2.80. The van der Waals surface area contributed by atoms with Gasteiger partial charge >= 0.3 is 0 Å². The Morgan fingerprint density at radius 1 is 1.29 bits per heavy atom. The molecule has 1 aliphatic rings. The van der Waals surface area contributed by atoms with Crippen LogP contribution in [-0.2, 0) is 11.2 Å². The molecule has 2 aromatic rings. The van der Waals surface area contributed by atoms with Gasteiger partial charge in [-0.25, -0.2) is 0 Å². The summed E-state index contributed by atoms with van der Waals surface area (Å²) in [6, 6.07) is 10.7. The van der Waals surface area contributed by atoms with Crippen LogP contribution < -0.4 is 5.32 Å². The fourth-order valence-corrected chi connectivity index (χ4v) is 3.58. The monoisotopic (exact) mass is 342 g/mol. The maximum Gasteiger partial charge on any atom is 0.255 e. The van der Waals surface area contributed by atoms with Gasteiger partial charge in [-0.3, -0.25) is 14.4 Å². The van der Waals surface area contributed by atoms with E-state index in [4.69, 9.17) is 0 Å². The number of hydrogen-bond donors (Lipinski definition) is 1. The smallest absolute Gasteiger partial charge is 0.255 e. The van der Waals surface area contributed by atoms with Crippen molar-refractivity contribution in [2.75, 3.05) is 13.1 Å². The SMILES string of the molecule is CC(=O)c1cc(C(=O)N2CCNC(=O)[C@@H]2Cc2ccccc2)cs1. The van der Waals surface area contributed by atoms with Crippen molar-refractivity contribution in [1.29, 1.82) is 0 Å². The van der Waals surface area contributed by atoms with E-state index in [0.717, 1.165) is 5.56 Å². The molecule has 1 fully saturated rings. The summed E-state index contributed by atoms with van der Waals surface area (Å²) in [5.74, 6) is -0.397. The molecule has 0 saturated carbocycles. The van der Waals surface area contributed by atoms with Crippen molar-refractivity contribution < 1.29 is 14.4 Å². The lowest BCUT2D eigenvalue weighted by atomic mass is 10.0. The zero-order chi connectivity index (χ0) is 17.1. The average molecular weight is 342 g/mol. The van der Waals surface area contributed by atoms with E-state index in [-0.39, 0.29) is 17.6 Å². The first kappa shape index (κ1) is 16.4. The van der Waals surface area contributed by atoms with Crippen LogP contribution in [0, 0.1) is 0 Å². The summed E-state index contributed by atoms with van der Waals surface area (Å²) in [6.07, 6.45) is 0.474. The summed E-state index contributed by atoms with van der Waals surface area (Å²) in [5, 5.41) is 4.51. The van der Waals surface area contributed by atoms with Crippen molar-refractivity contribution in [3.63, 3.8) is 0 Å². The third kappa shape index (κ3) is 3.38. The van der Waals surface area contributed by atoms with E-state index in [0.29, 0.717) is 30.0 Å². The Balaban J connectivity index is 1.83. The standard InChI is InChI=1S/C18H18N2O3S/c1-12(21)16-10-14(11-24-16)18(23)20-8-7-19-17(22)15(20)9-13-5-3-2-4-6-13/h2-6,10-11,15H,7-9H2,1H3,(H,19,22)/t15-/m0/s1. The van der Waals surface area contributed by atoms with Crippen LogP contribution in [0.2, 0.25) is 0 Å². The van der Waals surface area contributed by atoms with Gasteiger partial charge in [0.05, 0.1) is 10.4 Å². The van der Waals surface area contributed by atoms with Crippen LogP contribution in [0.5, 0.6) is 0 Å². The minimum Gasteiger partial charge on any atom is -0.353 e. The number of hydrogen-bond acceptors (Lipinski definition) is 4. The number of rotatable bonds is 4. The van der Waals surface area contributed by atoms with Gasteiger partial charge in [-0.05, 0) is 18.6 Å². The van der Waals surface area contributed by atoms with Crippen molar-refractivity contribution in [2.45, 2.75) is 19.4 Å². The molecule has 0 radical (unpaired) electrons. The number of carbonyl (C=O) groups excluding carboxylic acids is 3. The molecule has 1 aromatic carbocycles. The van der Waals surface area contributed by atoms with Crippen molar-refractivity contribution >= 4 is 28.9 Å². The number of nitrogens with zero attached hydrogens (tertiary/aromatic N) is 1. The Labute approximate surface area is 144 Å². The summed E-state index contributed by atoms with van der Waals surface area (Å²) in [7, 11) is 0. The second-order valence-corrected chi connectivity index (χ2v) is 6.66. The van der Waals surface area contributed by atoms with Gasteiger partial charge < -0.3 is 10.2 Å². The predicted molar refractivity (Wildman–Crippen MR) is 92.3 cm³/mol. The molecular weight excluding hydrogens is 324 g/mol. The highest BCUT2D eigenvalue weighted by Gasteiger charge is 2.33. The van der Waals surface area contributed by atoms with Gasteiger partial charge in [0.2, 0.25) is 5.91 Å². The van der Waals surface area contributed by atoms with Crippen LogP contribution in [-0.4, -0.2) is 41.6 Å². The first-order chi connectivity index (χ1) is 11.6. The number of carbonyl (C=O) groups is 3. The van der Waals surface area contributed by atoms with Crippen LogP contribution >= 0.6 is 11.3 Å². The average Bonchev–Trinajstić information content (AvgIpc) is 3.07. The van der Waals surface area contributed by atoms with Gasteiger partial charge in [0.1, 0.15) is 6.04 Å². The lowest BCUT2D eigenvalue weighted by Gasteiger charge is -2.35. The molecule has 1 aliphatic heterocycles. The molecule has 1 N–H and O–H groups in total. The molecule has 1 aromatic heterocycles. The Hall–Kier alpha value is -2.47. The Morgan fingerprint density at radius 2 is 2.04 bits per heavy atom. The van der Waals surface area contributed by atoms with Crippen LogP contribution in [0.4, 0.5) is 0 Å². The predicted octanol–water partition coefficient (Wildman–Crippen LogP) is 2.13. The summed E-state index contributed by atoms with van der Waals surface area (Å²) in [4.78, 5) is 38.7. The van der Waals surface area contributed by atoms with Gasteiger partial charge in [-0.15, -0.1) is 11.3 Å². The molecule has 0 bridgehead atoms. The molecule has 3 rings (SSSR count). The van der Waals surface area contributed by atoms with Gasteiger partial charge in [0, 0.05) is 24.9 Å². The minimum atomic E-state index is -0.533. The highest BCUT2D eigenvalue weighted by molar-refractivity contribution is 7.12. The number of amides is 2. The number of Topliss-reactive ketones (excluding diaryl/α,β-unsaturated/α-hetero) is 1. The van der Waals surface area contributed by atoms with E-state index in [1.165, 1.54) is 18.3 Å². The first-order valence-electron chi connectivity index (χ1n) is 7.78. The maximum atomic E-state index is 12.8. The van der Waals surface area contributed by atoms with Gasteiger partial charge in [-0.1, -0.05) is 30.3 Å². The van der Waals surface area contributed by atoms with Crippen molar-refractivity contribution in [1.82, 2.24) is 10.2 Å². The molecule has 2 amide bonds. The van der Waals surface area contributed by atoms with E-state index in [1.54, 1.807) is 16.3 Å². The summed E-state index contributed by atoms with van der Waals surface area (Å²) in [6.45, 7) is 2.39. The fraction of sp³-hybridized carbons (Fsp3) is 0.278. The zero-order valence-corrected chi connectivity index (χ0v) is 14.1. The number of benzene rings is 1. The van der Waals surface area contributed by atoms with Gasteiger partial charge in [-0.2, -0.15) is 0 Å². The molecule has 24 heavy (non-hydrogen) atoms. The van der Waals surface area contributed by atoms with Crippen LogP contribution in [0.15, 0.2) is 41.8 Å². The molecule has 0 spiro atoms. The second-order valence-electron chi connectivity index (χ2n) is 5.75. The molecule has 1 atom stereocenters. The van der Waals surface area contributed by atoms with E-state index in [1.807, 2.05) is 30.3 Å². The lowest BCUT2D eigenvalue weighted by Crippen LogP contribution is -2.58. The maximum absolute atomic E-state index is 12.8. The van der Waals surface area contributed by atoms with Crippen molar-refractivity contribution in [2.24, 2.45) is 0 Å². The quantitative estimate of drug-likeness (QED) is 0.866.